The van der Waals surface area contributed by atoms with Crippen molar-refractivity contribution in [3.05, 3.63) is 12.7 Å². The summed E-state index contributed by atoms with van der Waals surface area (Å²) in [5.41, 5.74) is 0. The molecule has 0 aromatic rings. The molecule has 0 heterocycles. The molecule has 0 aliphatic carbocycles. The summed E-state index contributed by atoms with van der Waals surface area (Å²) in [7, 11) is -3.76. The SMILES string of the molecule is C#CC[C@@H](O)[C@H](OCCCCO[Si](C)(C)C(C)(C)C)[C@@H](C=C)O[Si](C)(C)C(C)(C)C. The first-order valence-electron chi connectivity index (χ1n) is 11.2. The highest BCUT2D eigenvalue weighted by Gasteiger charge is 2.41. The van der Waals surface area contributed by atoms with Gasteiger partial charge in [-0.3, -0.25) is 0 Å². The van der Waals surface area contributed by atoms with Gasteiger partial charge < -0.3 is 18.7 Å². The average Bonchev–Trinajstić information content (AvgIpc) is 2.57. The largest absolute Gasteiger partial charge is 0.417 e. The third kappa shape index (κ3) is 9.38. The van der Waals surface area contributed by atoms with Gasteiger partial charge in [0.15, 0.2) is 16.6 Å². The topological polar surface area (TPSA) is 47.9 Å². The number of hydrogen-bond acceptors (Lipinski definition) is 4. The molecule has 0 spiro atoms. The van der Waals surface area contributed by atoms with E-state index in [2.05, 4.69) is 80.2 Å². The summed E-state index contributed by atoms with van der Waals surface area (Å²) < 4.78 is 18.8. The van der Waals surface area contributed by atoms with Crippen LogP contribution in [0.4, 0.5) is 0 Å². The van der Waals surface area contributed by atoms with Crippen LogP contribution in [0.5, 0.6) is 0 Å². The Hall–Kier alpha value is -0.426. The summed E-state index contributed by atoms with van der Waals surface area (Å²) in [6.45, 7) is 27.4. The molecule has 0 saturated carbocycles. The molecule has 0 bridgehead atoms. The maximum atomic E-state index is 10.6. The molecular formula is C24H48O4Si2. The fourth-order valence-electron chi connectivity index (χ4n) is 2.40. The average molecular weight is 457 g/mol. The minimum Gasteiger partial charge on any atom is -0.417 e. The molecule has 0 amide bonds. The van der Waals surface area contributed by atoms with E-state index in [1.807, 2.05) is 0 Å². The molecule has 0 aliphatic rings. The van der Waals surface area contributed by atoms with Crippen molar-refractivity contribution in [3.8, 4) is 12.3 Å². The van der Waals surface area contributed by atoms with E-state index < -0.39 is 34.9 Å². The highest BCUT2D eigenvalue weighted by Crippen LogP contribution is 2.38. The number of terminal acetylenes is 1. The fraction of sp³-hybridized carbons (Fsp3) is 0.833. The Balaban J connectivity index is 4.89. The molecule has 0 fully saturated rings. The van der Waals surface area contributed by atoms with Gasteiger partial charge in [-0.05, 0) is 49.1 Å². The third-order valence-electron chi connectivity index (χ3n) is 6.62. The second kappa shape index (κ2) is 12.0. The smallest absolute Gasteiger partial charge is 0.193 e. The lowest BCUT2D eigenvalue weighted by Gasteiger charge is -2.41. The predicted octanol–water partition coefficient (Wildman–Crippen LogP) is 6.13. The number of unbranched alkanes of at least 4 members (excludes halogenated alkanes) is 1. The van der Waals surface area contributed by atoms with Crippen molar-refractivity contribution in [1.29, 1.82) is 0 Å². The Labute approximate surface area is 189 Å². The summed E-state index contributed by atoms with van der Waals surface area (Å²) in [5.74, 6) is 2.54. The van der Waals surface area contributed by atoms with Crippen molar-refractivity contribution in [2.45, 2.75) is 115 Å². The molecule has 3 atom stereocenters. The molecule has 6 heteroatoms. The van der Waals surface area contributed by atoms with Crippen LogP contribution in [0.25, 0.3) is 0 Å². The minimum atomic E-state index is -2.05. The van der Waals surface area contributed by atoms with Gasteiger partial charge in [-0.2, -0.15) is 0 Å². The van der Waals surface area contributed by atoms with Crippen LogP contribution >= 0.6 is 0 Å². The van der Waals surface area contributed by atoms with E-state index in [0.717, 1.165) is 19.4 Å². The van der Waals surface area contributed by atoms with Gasteiger partial charge in [0.05, 0.1) is 12.2 Å². The minimum absolute atomic E-state index is 0.0525. The Morgan fingerprint density at radius 2 is 1.47 bits per heavy atom. The van der Waals surface area contributed by atoms with Gasteiger partial charge in [-0.25, -0.2) is 0 Å². The lowest BCUT2D eigenvalue weighted by molar-refractivity contribution is -0.0806. The van der Waals surface area contributed by atoms with Gasteiger partial charge in [0, 0.05) is 19.6 Å². The van der Waals surface area contributed by atoms with Crippen LogP contribution in [0.2, 0.25) is 36.3 Å². The quantitative estimate of drug-likeness (QED) is 0.157. The Morgan fingerprint density at radius 1 is 0.967 bits per heavy atom. The van der Waals surface area contributed by atoms with Crippen LogP contribution in [0.3, 0.4) is 0 Å². The van der Waals surface area contributed by atoms with Crippen molar-refractivity contribution in [3.63, 3.8) is 0 Å². The molecule has 0 unspecified atom stereocenters. The van der Waals surface area contributed by atoms with E-state index in [1.54, 1.807) is 6.08 Å². The van der Waals surface area contributed by atoms with E-state index in [0.29, 0.717) is 6.61 Å². The summed E-state index contributed by atoms with van der Waals surface area (Å²) in [5, 5.41) is 10.9. The van der Waals surface area contributed by atoms with Crippen molar-refractivity contribution in [2.75, 3.05) is 13.2 Å². The van der Waals surface area contributed by atoms with Crippen LogP contribution in [-0.4, -0.2) is 53.3 Å². The molecule has 0 aliphatic heterocycles. The van der Waals surface area contributed by atoms with Gasteiger partial charge in [-0.15, -0.1) is 18.9 Å². The molecule has 1 N–H and O–H groups in total. The van der Waals surface area contributed by atoms with E-state index in [1.165, 1.54) is 0 Å². The third-order valence-corrected chi connectivity index (χ3v) is 15.6. The maximum absolute atomic E-state index is 10.6. The molecule has 0 rings (SSSR count). The maximum Gasteiger partial charge on any atom is 0.193 e. The number of aliphatic hydroxyl groups excluding tert-OH is 1. The zero-order valence-corrected chi connectivity index (χ0v) is 23.3. The summed E-state index contributed by atoms with van der Waals surface area (Å²) in [6, 6.07) is 0. The lowest BCUT2D eigenvalue weighted by atomic mass is 10.1. The van der Waals surface area contributed by atoms with Crippen LogP contribution in [0, 0.1) is 12.3 Å². The highest BCUT2D eigenvalue weighted by molar-refractivity contribution is 6.74. The number of ether oxygens (including phenoxy) is 1. The molecule has 0 saturated heterocycles. The van der Waals surface area contributed by atoms with Crippen LogP contribution in [0.1, 0.15) is 60.8 Å². The molecular weight excluding hydrogens is 408 g/mol. The van der Waals surface area contributed by atoms with Crippen molar-refractivity contribution < 1.29 is 18.7 Å². The predicted molar refractivity (Wildman–Crippen MR) is 134 cm³/mol. The second-order valence-electron chi connectivity index (χ2n) is 11.2. The van der Waals surface area contributed by atoms with Crippen molar-refractivity contribution in [1.82, 2.24) is 0 Å². The van der Waals surface area contributed by atoms with Gasteiger partial charge >= 0.3 is 0 Å². The summed E-state index contributed by atoms with van der Waals surface area (Å²) >= 11 is 0. The number of rotatable bonds is 13. The number of aliphatic hydroxyl groups is 1. The second-order valence-corrected chi connectivity index (χ2v) is 20.8. The van der Waals surface area contributed by atoms with Gasteiger partial charge in [-0.1, -0.05) is 47.6 Å². The Morgan fingerprint density at radius 3 is 1.90 bits per heavy atom. The zero-order valence-electron chi connectivity index (χ0n) is 21.3. The van der Waals surface area contributed by atoms with E-state index in [4.69, 9.17) is 20.0 Å². The molecule has 0 aromatic carbocycles. The van der Waals surface area contributed by atoms with E-state index in [-0.39, 0.29) is 16.5 Å². The molecule has 0 aromatic heterocycles. The van der Waals surface area contributed by atoms with Gasteiger partial charge in [0.1, 0.15) is 6.10 Å². The van der Waals surface area contributed by atoms with Crippen molar-refractivity contribution in [2.24, 2.45) is 0 Å². The van der Waals surface area contributed by atoms with Crippen molar-refractivity contribution >= 4 is 16.6 Å². The normalized spacial score (nSPS) is 16.6. The highest BCUT2D eigenvalue weighted by atomic mass is 28.4. The van der Waals surface area contributed by atoms with E-state index >= 15 is 0 Å². The van der Waals surface area contributed by atoms with Gasteiger partial charge in [0.25, 0.3) is 0 Å². The van der Waals surface area contributed by atoms with Gasteiger partial charge in [0.2, 0.25) is 0 Å². The van der Waals surface area contributed by atoms with Crippen LogP contribution in [-0.2, 0) is 13.6 Å². The fourth-order valence-corrected chi connectivity index (χ4v) is 4.75. The first-order valence-corrected chi connectivity index (χ1v) is 17.0. The molecule has 4 nitrogen and oxygen atoms in total. The molecule has 0 radical (unpaired) electrons. The molecule has 30 heavy (non-hydrogen) atoms. The Bertz CT molecular complexity index is 553. The lowest BCUT2D eigenvalue weighted by Crippen LogP contribution is -2.50. The summed E-state index contributed by atoms with van der Waals surface area (Å²) in [4.78, 5) is 0. The first kappa shape index (κ1) is 29.6. The van der Waals surface area contributed by atoms with Crippen LogP contribution < -0.4 is 0 Å². The van der Waals surface area contributed by atoms with E-state index in [9.17, 15) is 5.11 Å². The summed E-state index contributed by atoms with van der Waals surface area (Å²) in [6.07, 6.45) is 7.49. The number of hydrogen-bond donors (Lipinski definition) is 1. The standard InChI is InChI=1S/C24H48O4Si2/c1-13-17-20(25)22(21(14-2)28-30(11,12)24(6,7)8)26-18-15-16-19-27-29(9,10)23(3,4)5/h1,14,20-22,25H,2,15-19H2,3-12H3/t20-,21-,22+/m1/s1. The first-order chi connectivity index (χ1) is 13.5. The monoisotopic (exact) mass is 456 g/mol. The molecule has 176 valence electrons. The Kier molecular flexibility index (Phi) is 11.8. The van der Waals surface area contributed by atoms with Crippen LogP contribution in [0.15, 0.2) is 12.7 Å². The zero-order chi connectivity index (χ0) is 23.8.